The molecule has 4 N–H and O–H groups in total. The lowest BCUT2D eigenvalue weighted by atomic mass is 9.72. The third kappa shape index (κ3) is 2.62. The fraction of sp³-hybridized carbons (Fsp3) is 0.143. The predicted octanol–water partition coefficient (Wildman–Crippen LogP) is 0.535. The Labute approximate surface area is 107 Å². The van der Waals surface area contributed by atoms with Crippen LogP contribution in [0.2, 0.25) is 0 Å². The Bertz CT molecular complexity index is 514. The molecule has 0 spiro atoms. The molecular formula is C14H16BNO2. The monoisotopic (exact) mass is 241 g/mol. The maximum Gasteiger partial charge on any atom is 0.489 e. The highest BCUT2D eigenvalue weighted by molar-refractivity contribution is 6.61. The normalized spacial score (nSPS) is 10.4. The van der Waals surface area contributed by atoms with E-state index < -0.39 is 7.12 Å². The van der Waals surface area contributed by atoms with Crippen LogP contribution in [0, 0.1) is 0 Å². The number of hydrogen-bond donors (Lipinski definition) is 3. The van der Waals surface area contributed by atoms with E-state index in [0.29, 0.717) is 18.4 Å². The molecule has 2 aromatic carbocycles. The van der Waals surface area contributed by atoms with Crippen molar-refractivity contribution in [3.05, 3.63) is 54.1 Å². The van der Waals surface area contributed by atoms with E-state index in [2.05, 4.69) is 0 Å². The summed E-state index contributed by atoms with van der Waals surface area (Å²) in [6.07, 6.45) is 0.633. The van der Waals surface area contributed by atoms with Crippen molar-refractivity contribution >= 4 is 12.6 Å². The summed E-state index contributed by atoms with van der Waals surface area (Å²) in [6.45, 7) is 0.484. The highest BCUT2D eigenvalue weighted by Crippen LogP contribution is 2.18. The van der Waals surface area contributed by atoms with Gasteiger partial charge in [0.15, 0.2) is 0 Å². The van der Waals surface area contributed by atoms with Gasteiger partial charge in [-0.2, -0.15) is 0 Å². The fourth-order valence-electron chi connectivity index (χ4n) is 2.16. The van der Waals surface area contributed by atoms with Crippen molar-refractivity contribution in [2.45, 2.75) is 6.42 Å². The number of nitrogens with two attached hydrogens (primary N) is 1. The number of hydrogen-bond acceptors (Lipinski definition) is 3. The summed E-state index contributed by atoms with van der Waals surface area (Å²) >= 11 is 0. The fourth-order valence-corrected chi connectivity index (χ4v) is 2.16. The molecule has 3 nitrogen and oxygen atoms in total. The van der Waals surface area contributed by atoms with Crippen LogP contribution in [0.4, 0.5) is 0 Å². The summed E-state index contributed by atoms with van der Waals surface area (Å²) < 4.78 is 0. The Balaban J connectivity index is 2.56. The lowest BCUT2D eigenvalue weighted by Crippen LogP contribution is -2.35. The Kier molecular flexibility index (Phi) is 4.15. The molecule has 0 bridgehead atoms. The first-order chi connectivity index (χ1) is 8.74. The average molecular weight is 241 g/mol. The summed E-state index contributed by atoms with van der Waals surface area (Å²) in [5.74, 6) is 0. The van der Waals surface area contributed by atoms with Gasteiger partial charge in [-0.15, -0.1) is 0 Å². The Hall–Kier alpha value is -1.62. The van der Waals surface area contributed by atoms with Crippen LogP contribution >= 0.6 is 0 Å². The van der Waals surface area contributed by atoms with Gasteiger partial charge in [0.25, 0.3) is 0 Å². The quantitative estimate of drug-likeness (QED) is 0.684. The molecule has 2 aromatic rings. The van der Waals surface area contributed by atoms with Crippen LogP contribution in [0.25, 0.3) is 11.1 Å². The van der Waals surface area contributed by atoms with Crippen molar-refractivity contribution in [3.8, 4) is 11.1 Å². The molecular weight excluding hydrogens is 225 g/mol. The standard InChI is InChI=1S/C14H16BNO2/c16-10-9-12-7-4-8-13(14(12)15(17)18)11-5-2-1-3-6-11/h1-8,17-18H,9-10,16H2. The van der Waals surface area contributed by atoms with E-state index >= 15 is 0 Å². The van der Waals surface area contributed by atoms with Gasteiger partial charge >= 0.3 is 7.12 Å². The summed E-state index contributed by atoms with van der Waals surface area (Å²) in [5, 5.41) is 19.2. The van der Waals surface area contributed by atoms with Gasteiger partial charge in [-0.1, -0.05) is 48.5 Å². The third-order valence-electron chi connectivity index (χ3n) is 2.95. The first-order valence-electron chi connectivity index (χ1n) is 5.97. The average Bonchev–Trinajstić information content (AvgIpc) is 2.39. The van der Waals surface area contributed by atoms with E-state index in [1.54, 1.807) is 0 Å². The summed E-state index contributed by atoms with van der Waals surface area (Å²) in [4.78, 5) is 0. The molecule has 0 amide bonds. The molecule has 0 aliphatic carbocycles. The second kappa shape index (κ2) is 5.82. The molecule has 92 valence electrons. The highest BCUT2D eigenvalue weighted by Gasteiger charge is 2.20. The highest BCUT2D eigenvalue weighted by atomic mass is 16.4. The lowest BCUT2D eigenvalue weighted by Gasteiger charge is -2.14. The number of rotatable bonds is 4. The van der Waals surface area contributed by atoms with E-state index in [9.17, 15) is 10.0 Å². The van der Waals surface area contributed by atoms with Crippen LogP contribution in [0.3, 0.4) is 0 Å². The van der Waals surface area contributed by atoms with E-state index in [1.807, 2.05) is 48.5 Å². The molecule has 18 heavy (non-hydrogen) atoms. The Morgan fingerprint density at radius 1 is 0.944 bits per heavy atom. The van der Waals surface area contributed by atoms with Gasteiger partial charge in [-0.25, -0.2) is 0 Å². The van der Waals surface area contributed by atoms with Crippen molar-refractivity contribution in [2.24, 2.45) is 5.73 Å². The minimum atomic E-state index is -1.48. The van der Waals surface area contributed by atoms with Crippen LogP contribution < -0.4 is 11.2 Å². The largest absolute Gasteiger partial charge is 0.489 e. The molecule has 0 atom stereocenters. The molecule has 0 aliphatic heterocycles. The van der Waals surface area contributed by atoms with Crippen LogP contribution in [0.15, 0.2) is 48.5 Å². The van der Waals surface area contributed by atoms with Gasteiger partial charge in [0.1, 0.15) is 0 Å². The third-order valence-corrected chi connectivity index (χ3v) is 2.95. The molecule has 0 heterocycles. The lowest BCUT2D eigenvalue weighted by molar-refractivity contribution is 0.425. The molecule has 0 radical (unpaired) electrons. The summed E-state index contributed by atoms with van der Waals surface area (Å²) in [6, 6.07) is 15.4. The summed E-state index contributed by atoms with van der Waals surface area (Å²) in [7, 11) is -1.48. The minimum absolute atomic E-state index is 0.484. The Morgan fingerprint density at radius 3 is 2.28 bits per heavy atom. The molecule has 4 heteroatoms. The smallest absolute Gasteiger partial charge is 0.423 e. The van der Waals surface area contributed by atoms with E-state index in [0.717, 1.165) is 16.7 Å². The van der Waals surface area contributed by atoms with Crippen molar-refractivity contribution < 1.29 is 10.0 Å². The van der Waals surface area contributed by atoms with Crippen LogP contribution in [0.5, 0.6) is 0 Å². The molecule has 0 aromatic heterocycles. The minimum Gasteiger partial charge on any atom is -0.423 e. The molecule has 0 fully saturated rings. The summed E-state index contributed by atoms with van der Waals surface area (Å²) in [5.41, 5.74) is 8.80. The van der Waals surface area contributed by atoms with Crippen LogP contribution in [-0.2, 0) is 6.42 Å². The topological polar surface area (TPSA) is 66.5 Å². The van der Waals surface area contributed by atoms with Crippen molar-refractivity contribution in [1.82, 2.24) is 0 Å². The van der Waals surface area contributed by atoms with E-state index in [1.165, 1.54) is 0 Å². The zero-order chi connectivity index (χ0) is 13.0. The van der Waals surface area contributed by atoms with Gasteiger partial charge in [0.05, 0.1) is 0 Å². The van der Waals surface area contributed by atoms with Gasteiger partial charge in [0, 0.05) is 0 Å². The second-order valence-corrected chi connectivity index (χ2v) is 4.16. The molecule has 0 saturated carbocycles. The van der Waals surface area contributed by atoms with Crippen molar-refractivity contribution in [1.29, 1.82) is 0 Å². The zero-order valence-corrected chi connectivity index (χ0v) is 10.1. The Morgan fingerprint density at radius 2 is 1.67 bits per heavy atom. The molecule has 2 rings (SSSR count). The SMILES string of the molecule is NCCc1cccc(-c2ccccc2)c1B(O)O. The van der Waals surface area contributed by atoms with Crippen molar-refractivity contribution in [3.63, 3.8) is 0 Å². The van der Waals surface area contributed by atoms with Crippen LogP contribution in [-0.4, -0.2) is 23.7 Å². The van der Waals surface area contributed by atoms with Gasteiger partial charge in [-0.3, -0.25) is 0 Å². The van der Waals surface area contributed by atoms with Gasteiger partial charge in [0.2, 0.25) is 0 Å². The first-order valence-corrected chi connectivity index (χ1v) is 5.97. The van der Waals surface area contributed by atoms with Crippen molar-refractivity contribution in [2.75, 3.05) is 6.54 Å². The van der Waals surface area contributed by atoms with E-state index in [4.69, 9.17) is 5.73 Å². The predicted molar refractivity (Wildman–Crippen MR) is 74.5 cm³/mol. The second-order valence-electron chi connectivity index (χ2n) is 4.16. The molecule has 0 unspecified atom stereocenters. The van der Waals surface area contributed by atoms with E-state index in [-0.39, 0.29) is 0 Å². The molecule has 0 aliphatic rings. The maximum absolute atomic E-state index is 9.59. The maximum atomic E-state index is 9.59. The first kappa shape index (κ1) is 12.8. The van der Waals surface area contributed by atoms with Crippen LogP contribution in [0.1, 0.15) is 5.56 Å². The molecule has 0 saturated heterocycles. The number of benzene rings is 2. The van der Waals surface area contributed by atoms with Gasteiger partial charge in [-0.05, 0) is 35.1 Å². The zero-order valence-electron chi connectivity index (χ0n) is 10.1. The van der Waals surface area contributed by atoms with Gasteiger partial charge < -0.3 is 15.8 Å².